The Morgan fingerprint density at radius 2 is 1.81 bits per heavy atom. The van der Waals surface area contributed by atoms with E-state index in [9.17, 15) is 9.18 Å². The van der Waals surface area contributed by atoms with Gasteiger partial charge in [0.1, 0.15) is 18.0 Å². The van der Waals surface area contributed by atoms with E-state index in [0.29, 0.717) is 18.7 Å². The number of halogens is 1. The average molecular weight is 551 g/mol. The Morgan fingerprint density at radius 3 is 2.38 bits per heavy atom. The molecule has 3 rings (SSSR count). The molecule has 0 saturated carbocycles. The van der Waals surface area contributed by atoms with Gasteiger partial charge in [-0.05, 0) is 52.5 Å². The number of ether oxygens (including phenoxy) is 1. The fraction of sp³-hybridized carbons (Fsp3) is 0.536. The molecule has 1 atom stereocenters. The van der Waals surface area contributed by atoms with Gasteiger partial charge < -0.3 is 14.5 Å². The first kappa shape index (κ1) is 32.6. The largest absolute Gasteiger partial charge is 0.447 e. The van der Waals surface area contributed by atoms with Crippen molar-refractivity contribution in [1.82, 2.24) is 14.9 Å². The summed E-state index contributed by atoms with van der Waals surface area (Å²) in [5, 5.41) is 1.94. The predicted octanol–water partition coefficient (Wildman–Crippen LogP) is 8.35. The molecular formula is C28H43FN4O2S2. The third-order valence-electron chi connectivity index (χ3n) is 5.59. The Bertz CT molecular complexity index is 1110. The normalized spacial score (nSPS) is 11.2. The van der Waals surface area contributed by atoms with Crippen molar-refractivity contribution in [2.75, 3.05) is 31.3 Å². The zero-order valence-electron chi connectivity index (χ0n) is 24.0. The first-order chi connectivity index (χ1) is 17.8. The Morgan fingerprint density at radius 1 is 1.14 bits per heavy atom. The number of carbonyl (C=O) groups excluding carboxylic acids is 1. The van der Waals surface area contributed by atoms with E-state index in [0.717, 1.165) is 32.9 Å². The van der Waals surface area contributed by atoms with Crippen LogP contribution in [0.15, 0.2) is 34.8 Å². The molecule has 2 heterocycles. The molecule has 0 aliphatic rings. The molecule has 0 fully saturated rings. The highest BCUT2D eigenvalue weighted by molar-refractivity contribution is 7.98. The fourth-order valence-corrected chi connectivity index (χ4v) is 5.00. The number of hydrogen-bond acceptors (Lipinski definition) is 7. The van der Waals surface area contributed by atoms with Gasteiger partial charge >= 0.3 is 6.09 Å². The van der Waals surface area contributed by atoms with Crippen LogP contribution in [0.5, 0.6) is 0 Å². The van der Waals surface area contributed by atoms with Crippen LogP contribution in [0.3, 0.4) is 0 Å². The van der Waals surface area contributed by atoms with Gasteiger partial charge in [0.25, 0.3) is 0 Å². The molecule has 0 bridgehead atoms. The first-order valence-electron chi connectivity index (χ1n) is 13.0. The maximum atomic E-state index is 14.8. The van der Waals surface area contributed by atoms with E-state index in [2.05, 4.69) is 21.8 Å². The van der Waals surface area contributed by atoms with Crippen LogP contribution in [-0.2, 0) is 4.74 Å². The molecule has 206 valence electrons. The molecule has 2 aromatic heterocycles. The van der Waals surface area contributed by atoms with Gasteiger partial charge in [0.05, 0.1) is 16.3 Å². The topological polar surface area (TPSA) is 58.6 Å². The number of hydrogen-bond donors (Lipinski definition) is 0. The highest BCUT2D eigenvalue weighted by Gasteiger charge is 2.21. The van der Waals surface area contributed by atoms with Crippen LogP contribution in [0.4, 0.5) is 15.0 Å². The number of amides is 1. The minimum atomic E-state index is -0.288. The third kappa shape index (κ3) is 8.57. The van der Waals surface area contributed by atoms with Gasteiger partial charge in [-0.1, -0.05) is 33.8 Å². The van der Waals surface area contributed by atoms with Crippen molar-refractivity contribution in [3.63, 3.8) is 0 Å². The molecule has 0 aliphatic carbocycles. The Labute approximate surface area is 230 Å². The van der Waals surface area contributed by atoms with Gasteiger partial charge in [0, 0.05) is 47.6 Å². The summed E-state index contributed by atoms with van der Waals surface area (Å²) in [7, 11) is 1.99. The van der Waals surface area contributed by atoms with E-state index in [4.69, 9.17) is 4.74 Å². The Balaban J connectivity index is 0.00000163. The smallest absolute Gasteiger partial charge is 0.410 e. The summed E-state index contributed by atoms with van der Waals surface area (Å²) >= 11 is 3.03. The monoisotopic (exact) mass is 550 g/mol. The molecule has 0 radical (unpaired) electrons. The van der Waals surface area contributed by atoms with Crippen LogP contribution in [0.2, 0.25) is 0 Å². The minimum Gasteiger partial charge on any atom is -0.447 e. The third-order valence-corrected chi connectivity index (χ3v) is 7.28. The van der Waals surface area contributed by atoms with Crippen LogP contribution >= 0.6 is 23.1 Å². The zero-order chi connectivity index (χ0) is 28.1. The maximum Gasteiger partial charge on any atom is 0.410 e. The van der Waals surface area contributed by atoms with Crippen molar-refractivity contribution in [2.24, 2.45) is 0 Å². The summed E-state index contributed by atoms with van der Waals surface area (Å²) in [4.78, 5) is 26.0. The van der Waals surface area contributed by atoms with Crippen molar-refractivity contribution in [1.29, 1.82) is 0 Å². The number of aromatic nitrogens is 2. The van der Waals surface area contributed by atoms with Crippen molar-refractivity contribution in [2.45, 2.75) is 78.9 Å². The average Bonchev–Trinajstić information content (AvgIpc) is 3.34. The zero-order valence-corrected chi connectivity index (χ0v) is 25.6. The number of benzene rings is 1. The number of carbonyl (C=O) groups is 1. The van der Waals surface area contributed by atoms with Crippen LogP contribution < -0.4 is 4.90 Å². The molecule has 1 aromatic carbocycles. The number of rotatable bonds is 9. The van der Waals surface area contributed by atoms with Crippen molar-refractivity contribution in [3.8, 4) is 11.1 Å². The number of fused-ring (bicyclic) bond motifs is 1. The van der Waals surface area contributed by atoms with E-state index in [1.165, 1.54) is 29.4 Å². The highest BCUT2D eigenvalue weighted by atomic mass is 32.2. The summed E-state index contributed by atoms with van der Waals surface area (Å²) in [6.45, 7) is 16.9. The Kier molecular flexibility index (Phi) is 14.5. The first-order valence-corrected chi connectivity index (χ1v) is 15.1. The molecule has 0 saturated heterocycles. The SMILES string of the molecule is CC.CC.CCN(CCC(C)N(C)c1ncnc2c(-c3ccc(SC)cc3F)csc12)C(=O)OC(C)C. The summed E-state index contributed by atoms with van der Waals surface area (Å²) in [5.41, 5.74) is 2.07. The van der Waals surface area contributed by atoms with Crippen LogP contribution in [0, 0.1) is 5.82 Å². The molecule has 0 N–H and O–H groups in total. The lowest BCUT2D eigenvalue weighted by atomic mass is 10.1. The summed E-state index contributed by atoms with van der Waals surface area (Å²) in [6, 6.07) is 5.41. The minimum absolute atomic E-state index is 0.118. The summed E-state index contributed by atoms with van der Waals surface area (Å²) in [5.74, 6) is 0.550. The molecule has 6 nitrogen and oxygen atoms in total. The van der Waals surface area contributed by atoms with E-state index < -0.39 is 0 Å². The predicted molar refractivity (Wildman–Crippen MR) is 159 cm³/mol. The highest BCUT2D eigenvalue weighted by Crippen LogP contribution is 2.38. The van der Waals surface area contributed by atoms with Gasteiger partial charge in [-0.2, -0.15) is 0 Å². The second-order valence-electron chi connectivity index (χ2n) is 8.13. The van der Waals surface area contributed by atoms with E-state index >= 15 is 0 Å². The van der Waals surface area contributed by atoms with Crippen LogP contribution in [0.25, 0.3) is 21.3 Å². The summed E-state index contributed by atoms with van der Waals surface area (Å²) < 4.78 is 21.0. The molecular weight excluding hydrogens is 507 g/mol. The lowest BCUT2D eigenvalue weighted by Gasteiger charge is -2.29. The van der Waals surface area contributed by atoms with E-state index in [1.807, 2.05) is 79.3 Å². The lowest BCUT2D eigenvalue weighted by Crippen LogP contribution is -2.38. The van der Waals surface area contributed by atoms with Crippen molar-refractivity contribution < 1.29 is 13.9 Å². The van der Waals surface area contributed by atoms with Gasteiger partial charge in [-0.3, -0.25) is 0 Å². The molecule has 37 heavy (non-hydrogen) atoms. The molecule has 0 aliphatic heterocycles. The molecule has 1 amide bonds. The fourth-order valence-electron chi connectivity index (χ4n) is 3.52. The standard InChI is InChI=1S/C24H31FN4O2S2.2C2H6/c1-7-29(24(30)31-15(2)3)11-10-16(4)28(5)23-22-21(26-14-27-23)19(13-33-22)18-9-8-17(32-6)12-20(18)25;2*1-2/h8-9,12-16H,7,10-11H2,1-6H3;2*1-2H3. The van der Waals surface area contributed by atoms with Gasteiger partial charge in [-0.15, -0.1) is 23.1 Å². The molecule has 3 aromatic rings. The lowest BCUT2D eigenvalue weighted by molar-refractivity contribution is 0.0776. The van der Waals surface area contributed by atoms with E-state index in [1.54, 1.807) is 11.0 Å². The number of thioether (sulfide) groups is 1. The molecule has 1 unspecified atom stereocenters. The number of nitrogens with zero attached hydrogens (tertiary/aromatic N) is 4. The molecule has 9 heteroatoms. The maximum absolute atomic E-state index is 14.8. The van der Waals surface area contributed by atoms with Gasteiger partial charge in [0.2, 0.25) is 0 Å². The second-order valence-corrected chi connectivity index (χ2v) is 9.89. The Hall–Kier alpha value is -2.39. The van der Waals surface area contributed by atoms with Gasteiger partial charge in [0.15, 0.2) is 0 Å². The van der Waals surface area contributed by atoms with Crippen molar-refractivity contribution >= 4 is 45.2 Å². The van der Waals surface area contributed by atoms with E-state index in [-0.39, 0.29) is 24.1 Å². The van der Waals surface area contributed by atoms with Gasteiger partial charge in [-0.25, -0.2) is 19.2 Å². The second kappa shape index (κ2) is 16.5. The number of thiophene rings is 1. The van der Waals surface area contributed by atoms with Crippen molar-refractivity contribution in [3.05, 3.63) is 35.7 Å². The summed E-state index contributed by atoms with van der Waals surface area (Å²) in [6.07, 6.45) is 3.79. The van der Waals surface area contributed by atoms with Crippen LogP contribution in [-0.4, -0.2) is 59.5 Å². The molecule has 0 spiro atoms. The number of anilines is 1. The quantitative estimate of drug-likeness (QED) is 0.250. The van der Waals surface area contributed by atoms with Crippen LogP contribution in [0.1, 0.15) is 61.8 Å².